The summed E-state index contributed by atoms with van der Waals surface area (Å²) in [5, 5.41) is 8.96. The number of hydrogen-bond acceptors (Lipinski definition) is 4. The van der Waals surface area contributed by atoms with Gasteiger partial charge in [-0.25, -0.2) is 17.5 Å². The standard InChI is InChI=1S/C11H15NO5S/c1-7-9(17-4)5-8(11(13)14)6-10(7)18(15,16)12(2)3/h5-6H,1-4H3,(H,13,14). The fourth-order valence-corrected chi connectivity index (χ4v) is 2.62. The number of hydrogen-bond donors (Lipinski definition) is 1. The molecule has 1 aromatic carbocycles. The van der Waals surface area contributed by atoms with Crippen LogP contribution in [0.4, 0.5) is 0 Å². The molecular formula is C11H15NO5S. The maximum Gasteiger partial charge on any atom is 0.335 e. The Bertz CT molecular complexity index is 577. The average molecular weight is 273 g/mol. The lowest BCUT2D eigenvalue weighted by atomic mass is 10.1. The lowest BCUT2D eigenvalue weighted by Crippen LogP contribution is -2.23. The first-order valence-electron chi connectivity index (χ1n) is 5.06. The van der Waals surface area contributed by atoms with Crippen molar-refractivity contribution in [1.29, 1.82) is 0 Å². The summed E-state index contributed by atoms with van der Waals surface area (Å²) >= 11 is 0. The molecule has 0 atom stereocenters. The van der Waals surface area contributed by atoms with Crippen molar-refractivity contribution >= 4 is 16.0 Å². The number of aromatic carboxylic acids is 1. The molecule has 0 radical (unpaired) electrons. The van der Waals surface area contributed by atoms with Crippen LogP contribution in [0.2, 0.25) is 0 Å². The van der Waals surface area contributed by atoms with Gasteiger partial charge in [-0.1, -0.05) is 0 Å². The first kappa shape index (κ1) is 14.5. The van der Waals surface area contributed by atoms with E-state index in [4.69, 9.17) is 9.84 Å². The summed E-state index contributed by atoms with van der Waals surface area (Å²) in [7, 11) is 0.422. The van der Waals surface area contributed by atoms with Gasteiger partial charge in [0.15, 0.2) is 0 Å². The zero-order valence-corrected chi connectivity index (χ0v) is 11.4. The SMILES string of the molecule is COc1cc(C(=O)O)cc(S(=O)(=O)N(C)C)c1C. The van der Waals surface area contributed by atoms with E-state index in [2.05, 4.69) is 0 Å². The van der Waals surface area contributed by atoms with E-state index >= 15 is 0 Å². The second-order valence-electron chi connectivity index (χ2n) is 3.89. The summed E-state index contributed by atoms with van der Waals surface area (Å²) in [6.07, 6.45) is 0. The van der Waals surface area contributed by atoms with E-state index in [1.165, 1.54) is 27.3 Å². The summed E-state index contributed by atoms with van der Waals surface area (Å²) in [4.78, 5) is 10.9. The van der Waals surface area contributed by atoms with Crippen molar-refractivity contribution in [3.05, 3.63) is 23.3 Å². The molecule has 6 nitrogen and oxygen atoms in total. The number of nitrogens with zero attached hydrogens (tertiary/aromatic N) is 1. The molecule has 0 aliphatic heterocycles. The van der Waals surface area contributed by atoms with Gasteiger partial charge >= 0.3 is 5.97 Å². The summed E-state index contributed by atoms with van der Waals surface area (Å²) in [6.45, 7) is 1.57. The quantitative estimate of drug-likeness (QED) is 0.883. The Hall–Kier alpha value is -1.60. The molecule has 0 spiro atoms. The molecular weight excluding hydrogens is 258 g/mol. The Morgan fingerprint density at radius 3 is 2.28 bits per heavy atom. The smallest absolute Gasteiger partial charge is 0.335 e. The van der Waals surface area contributed by atoms with Crippen LogP contribution in [0.15, 0.2) is 17.0 Å². The van der Waals surface area contributed by atoms with E-state index in [9.17, 15) is 13.2 Å². The highest BCUT2D eigenvalue weighted by molar-refractivity contribution is 7.89. The van der Waals surface area contributed by atoms with Crippen LogP contribution in [0.25, 0.3) is 0 Å². The van der Waals surface area contributed by atoms with Gasteiger partial charge in [-0.15, -0.1) is 0 Å². The number of carbonyl (C=O) groups is 1. The minimum absolute atomic E-state index is 0.0655. The fourth-order valence-electron chi connectivity index (χ4n) is 1.46. The van der Waals surface area contributed by atoms with E-state index < -0.39 is 16.0 Å². The molecule has 1 rings (SSSR count). The van der Waals surface area contributed by atoms with E-state index in [1.807, 2.05) is 0 Å². The molecule has 0 bridgehead atoms. The molecule has 0 unspecified atom stereocenters. The Labute approximate surface area is 106 Å². The van der Waals surface area contributed by atoms with Crippen molar-refractivity contribution in [2.24, 2.45) is 0 Å². The fraction of sp³-hybridized carbons (Fsp3) is 0.364. The molecule has 1 N–H and O–H groups in total. The van der Waals surface area contributed by atoms with Gasteiger partial charge in [0.2, 0.25) is 10.0 Å². The molecule has 0 heterocycles. The van der Waals surface area contributed by atoms with Gasteiger partial charge in [-0.2, -0.15) is 0 Å². The van der Waals surface area contributed by atoms with Crippen LogP contribution >= 0.6 is 0 Å². The predicted octanol–water partition coefficient (Wildman–Crippen LogP) is 0.952. The number of rotatable bonds is 4. The number of ether oxygens (including phenoxy) is 1. The van der Waals surface area contributed by atoms with Crippen LogP contribution < -0.4 is 4.74 Å². The highest BCUT2D eigenvalue weighted by Crippen LogP contribution is 2.28. The van der Waals surface area contributed by atoms with E-state index in [-0.39, 0.29) is 16.2 Å². The molecule has 100 valence electrons. The first-order valence-corrected chi connectivity index (χ1v) is 6.50. The van der Waals surface area contributed by atoms with Gasteiger partial charge in [0.1, 0.15) is 5.75 Å². The van der Waals surface area contributed by atoms with Crippen LogP contribution in [-0.4, -0.2) is 45.0 Å². The van der Waals surface area contributed by atoms with E-state index in [0.717, 1.165) is 10.4 Å². The van der Waals surface area contributed by atoms with Crippen molar-refractivity contribution in [3.8, 4) is 5.75 Å². The van der Waals surface area contributed by atoms with E-state index in [0.29, 0.717) is 5.56 Å². The van der Waals surface area contributed by atoms with Crippen LogP contribution in [0.3, 0.4) is 0 Å². The lowest BCUT2D eigenvalue weighted by Gasteiger charge is -2.16. The maximum absolute atomic E-state index is 12.1. The Morgan fingerprint density at radius 2 is 1.89 bits per heavy atom. The monoisotopic (exact) mass is 273 g/mol. The minimum atomic E-state index is -3.71. The summed E-state index contributed by atoms with van der Waals surface area (Å²) in [5.41, 5.74) is 0.258. The number of carboxylic acid groups (broad SMARTS) is 1. The summed E-state index contributed by atoms with van der Waals surface area (Å²) < 4.78 is 30.2. The molecule has 1 aromatic rings. The van der Waals surface area contributed by atoms with Gasteiger partial charge in [0, 0.05) is 19.7 Å². The van der Waals surface area contributed by atoms with Gasteiger partial charge in [-0.05, 0) is 19.1 Å². The number of benzene rings is 1. The van der Waals surface area contributed by atoms with Crippen LogP contribution in [0, 0.1) is 6.92 Å². The van der Waals surface area contributed by atoms with Gasteiger partial charge in [-0.3, -0.25) is 0 Å². The number of methoxy groups -OCH3 is 1. The third-order valence-corrected chi connectivity index (χ3v) is 4.48. The Kier molecular flexibility index (Phi) is 3.98. The molecule has 0 saturated heterocycles. The molecule has 0 saturated carbocycles. The van der Waals surface area contributed by atoms with Crippen molar-refractivity contribution < 1.29 is 23.1 Å². The van der Waals surface area contributed by atoms with E-state index in [1.54, 1.807) is 6.92 Å². The third kappa shape index (κ3) is 2.46. The number of sulfonamides is 1. The Balaban J connectivity index is 3.63. The van der Waals surface area contributed by atoms with Crippen LogP contribution in [0.1, 0.15) is 15.9 Å². The molecule has 0 aromatic heterocycles. The summed E-state index contributed by atoms with van der Waals surface area (Å²) in [6, 6.07) is 2.43. The highest BCUT2D eigenvalue weighted by Gasteiger charge is 2.24. The topological polar surface area (TPSA) is 83.9 Å². The second kappa shape index (κ2) is 4.95. The van der Waals surface area contributed by atoms with Crippen molar-refractivity contribution in [2.45, 2.75) is 11.8 Å². The molecule has 0 aliphatic rings. The first-order chi connectivity index (χ1) is 8.21. The van der Waals surface area contributed by atoms with Gasteiger partial charge < -0.3 is 9.84 Å². The molecule has 0 aliphatic carbocycles. The second-order valence-corrected chi connectivity index (χ2v) is 6.01. The third-order valence-electron chi connectivity index (χ3n) is 2.54. The minimum Gasteiger partial charge on any atom is -0.496 e. The normalized spacial score (nSPS) is 11.6. The zero-order valence-electron chi connectivity index (χ0n) is 10.6. The Morgan fingerprint density at radius 1 is 1.33 bits per heavy atom. The zero-order chi connectivity index (χ0) is 14.1. The lowest BCUT2D eigenvalue weighted by molar-refractivity contribution is 0.0696. The van der Waals surface area contributed by atoms with Crippen LogP contribution in [-0.2, 0) is 10.0 Å². The maximum atomic E-state index is 12.1. The van der Waals surface area contributed by atoms with Gasteiger partial charge in [0.25, 0.3) is 0 Å². The summed E-state index contributed by atoms with van der Waals surface area (Å²) in [5.74, 6) is -0.973. The van der Waals surface area contributed by atoms with Gasteiger partial charge in [0.05, 0.1) is 17.6 Å². The molecule has 0 fully saturated rings. The van der Waals surface area contributed by atoms with Crippen LogP contribution in [0.5, 0.6) is 5.75 Å². The molecule has 18 heavy (non-hydrogen) atoms. The number of carboxylic acids is 1. The van der Waals surface area contributed by atoms with Crippen molar-refractivity contribution in [2.75, 3.05) is 21.2 Å². The molecule has 0 amide bonds. The highest BCUT2D eigenvalue weighted by atomic mass is 32.2. The average Bonchev–Trinajstić information content (AvgIpc) is 2.28. The van der Waals surface area contributed by atoms with Crippen molar-refractivity contribution in [1.82, 2.24) is 4.31 Å². The largest absolute Gasteiger partial charge is 0.496 e. The molecule has 7 heteroatoms. The predicted molar refractivity (Wildman–Crippen MR) is 65.6 cm³/mol. The van der Waals surface area contributed by atoms with Crippen molar-refractivity contribution in [3.63, 3.8) is 0 Å².